The molecule has 4 nitrogen and oxygen atoms in total. The predicted octanol–water partition coefficient (Wildman–Crippen LogP) is 8.81. The summed E-state index contributed by atoms with van der Waals surface area (Å²) in [5.41, 5.74) is 4.64. The van der Waals surface area contributed by atoms with Crippen LogP contribution in [0.2, 0.25) is 0 Å². The van der Waals surface area contributed by atoms with Gasteiger partial charge in [-0.25, -0.2) is 0 Å². The Balaban J connectivity index is 1.26. The molecule has 3 fully saturated rings. The summed E-state index contributed by atoms with van der Waals surface area (Å²) in [7, 11) is 0. The summed E-state index contributed by atoms with van der Waals surface area (Å²) in [5.74, 6) is 2.94. The first-order valence-corrected chi connectivity index (χ1v) is 16.7. The molecule has 2 aromatic rings. The van der Waals surface area contributed by atoms with Crippen LogP contribution in [0.1, 0.15) is 117 Å². The third kappa shape index (κ3) is 3.71. The number of benzene rings is 1. The Morgan fingerprint density at radius 1 is 0.952 bits per heavy atom. The Kier molecular flexibility index (Phi) is 6.14. The van der Waals surface area contributed by atoms with E-state index < -0.39 is 0 Å². The fourth-order valence-electron chi connectivity index (χ4n) is 11.9. The lowest BCUT2D eigenvalue weighted by atomic mass is 9.33. The smallest absolute Gasteiger partial charge is 0.227 e. The van der Waals surface area contributed by atoms with Gasteiger partial charge in [0, 0.05) is 17.5 Å². The van der Waals surface area contributed by atoms with Crippen LogP contribution in [0.4, 0.5) is 0 Å². The standard InChI is InChI=1S/C38H52N2O2/c1-33(2)17-19-38(32(41)39-23-25-11-9-8-10-12-25)20-18-36(6)27(28(38)22-33)13-14-30-35(5)21-26-24-40-42-31(26)34(3,4)29(35)15-16-37(30,36)7/h8-13,24,28-30H,14-23H2,1-7H3,(H,39,41)/t28-,29-,30+,35-,36+,37+,38-/m0/s1. The van der Waals surface area contributed by atoms with Crippen LogP contribution in [0.3, 0.4) is 0 Å². The van der Waals surface area contributed by atoms with Crippen LogP contribution in [-0.2, 0) is 23.2 Å². The number of nitrogens with one attached hydrogen (secondary N) is 1. The maximum absolute atomic E-state index is 14.3. The lowest BCUT2D eigenvalue weighted by molar-refractivity contribution is -0.168. The lowest BCUT2D eigenvalue weighted by Crippen LogP contribution is -2.65. The maximum atomic E-state index is 14.3. The summed E-state index contributed by atoms with van der Waals surface area (Å²) in [6.45, 7) is 18.2. The first kappa shape index (κ1) is 28.4. The van der Waals surface area contributed by atoms with Crippen LogP contribution < -0.4 is 5.32 Å². The molecule has 0 bridgehead atoms. The minimum absolute atomic E-state index is 0.00296. The van der Waals surface area contributed by atoms with Gasteiger partial charge in [0.2, 0.25) is 5.91 Å². The van der Waals surface area contributed by atoms with Gasteiger partial charge < -0.3 is 9.84 Å². The number of allylic oxidation sites excluding steroid dienone is 2. The summed E-state index contributed by atoms with van der Waals surface area (Å²) in [5, 5.41) is 7.72. The Hall–Kier alpha value is -2.36. The number of rotatable bonds is 3. The molecule has 0 spiro atoms. The van der Waals surface area contributed by atoms with Crippen molar-refractivity contribution in [3.8, 4) is 0 Å². The molecule has 1 aromatic heterocycles. The summed E-state index contributed by atoms with van der Waals surface area (Å²) in [6.07, 6.45) is 14.7. The topological polar surface area (TPSA) is 55.1 Å². The molecule has 5 aliphatic rings. The largest absolute Gasteiger partial charge is 0.361 e. The number of fused-ring (bicyclic) bond motifs is 8. The number of carbonyl (C=O) groups excluding carboxylic acids is 1. The van der Waals surface area contributed by atoms with E-state index in [0.29, 0.717) is 30.2 Å². The fourth-order valence-corrected chi connectivity index (χ4v) is 11.9. The molecule has 1 heterocycles. The molecule has 0 radical (unpaired) electrons. The second-order valence-electron chi connectivity index (χ2n) is 17.1. The molecule has 4 heteroatoms. The van der Waals surface area contributed by atoms with Gasteiger partial charge in [0.1, 0.15) is 5.76 Å². The Morgan fingerprint density at radius 3 is 2.45 bits per heavy atom. The van der Waals surface area contributed by atoms with Crippen LogP contribution in [0.15, 0.2) is 52.7 Å². The number of nitrogens with zero attached hydrogens (tertiary/aromatic N) is 1. The van der Waals surface area contributed by atoms with Crippen molar-refractivity contribution >= 4 is 5.91 Å². The van der Waals surface area contributed by atoms with Gasteiger partial charge >= 0.3 is 0 Å². The Morgan fingerprint density at radius 2 is 1.69 bits per heavy atom. The molecular weight excluding hydrogens is 516 g/mol. The van der Waals surface area contributed by atoms with Crippen LogP contribution in [0.5, 0.6) is 0 Å². The first-order chi connectivity index (χ1) is 19.8. The van der Waals surface area contributed by atoms with E-state index >= 15 is 0 Å². The summed E-state index contributed by atoms with van der Waals surface area (Å²) in [4.78, 5) is 14.3. The number of amides is 1. The fraction of sp³-hybridized carbons (Fsp3) is 0.684. The van der Waals surface area contributed by atoms with Gasteiger partial charge in [0.25, 0.3) is 0 Å². The minimum atomic E-state index is -0.288. The first-order valence-electron chi connectivity index (χ1n) is 16.7. The van der Waals surface area contributed by atoms with E-state index in [0.717, 1.165) is 50.7 Å². The monoisotopic (exact) mass is 568 g/mol. The normalized spacial score (nSPS) is 41.2. The maximum Gasteiger partial charge on any atom is 0.227 e. The molecular formula is C38H52N2O2. The highest BCUT2D eigenvalue weighted by Gasteiger charge is 2.69. The van der Waals surface area contributed by atoms with E-state index in [4.69, 9.17) is 4.52 Å². The molecule has 0 unspecified atom stereocenters. The van der Waals surface area contributed by atoms with Gasteiger partial charge in [0.05, 0.1) is 11.6 Å². The van der Waals surface area contributed by atoms with E-state index in [1.54, 1.807) is 5.57 Å². The zero-order valence-electron chi connectivity index (χ0n) is 27.1. The van der Waals surface area contributed by atoms with E-state index in [1.165, 1.54) is 24.0 Å². The van der Waals surface area contributed by atoms with Crippen molar-refractivity contribution in [1.82, 2.24) is 10.5 Å². The number of aromatic nitrogens is 1. The van der Waals surface area contributed by atoms with Crippen molar-refractivity contribution in [1.29, 1.82) is 0 Å². The van der Waals surface area contributed by atoms with Gasteiger partial charge in [-0.15, -0.1) is 0 Å². The zero-order valence-corrected chi connectivity index (χ0v) is 27.1. The van der Waals surface area contributed by atoms with Crippen molar-refractivity contribution in [3.63, 3.8) is 0 Å². The van der Waals surface area contributed by atoms with Crippen molar-refractivity contribution in [3.05, 3.63) is 65.1 Å². The molecule has 42 heavy (non-hydrogen) atoms. The Bertz CT molecular complexity index is 1420. The molecule has 0 aliphatic heterocycles. The highest BCUT2D eigenvalue weighted by Crippen LogP contribution is 2.75. The van der Waals surface area contributed by atoms with Gasteiger partial charge in [-0.1, -0.05) is 95.6 Å². The number of carbonyl (C=O) groups is 1. The molecule has 5 aliphatic carbocycles. The van der Waals surface area contributed by atoms with Crippen molar-refractivity contribution in [2.24, 2.45) is 44.8 Å². The quantitative estimate of drug-likeness (QED) is 0.377. The highest BCUT2D eigenvalue weighted by molar-refractivity contribution is 5.84. The van der Waals surface area contributed by atoms with Crippen molar-refractivity contribution < 1.29 is 9.32 Å². The minimum Gasteiger partial charge on any atom is -0.361 e. The average Bonchev–Trinajstić information content (AvgIpc) is 3.41. The van der Waals surface area contributed by atoms with Crippen molar-refractivity contribution in [2.45, 2.75) is 118 Å². The van der Waals surface area contributed by atoms with E-state index in [-0.39, 0.29) is 32.5 Å². The SMILES string of the molecule is CC1(C)CC[C@]2(C(=O)NCc3ccccc3)CC[C@]3(C)C(=CC[C@@H]4[C@@]5(C)Cc6cnoc6C(C)(C)[C@@H]5CC[C@]43C)[C@@H]2C1. The predicted molar refractivity (Wildman–Crippen MR) is 168 cm³/mol. The molecule has 226 valence electrons. The number of hydrogen-bond acceptors (Lipinski definition) is 3. The second kappa shape index (κ2) is 9.08. The van der Waals surface area contributed by atoms with E-state index in [1.807, 2.05) is 12.3 Å². The third-order valence-electron chi connectivity index (χ3n) is 14.3. The van der Waals surface area contributed by atoms with Crippen LogP contribution in [-0.4, -0.2) is 11.1 Å². The molecule has 0 saturated heterocycles. The summed E-state index contributed by atoms with van der Waals surface area (Å²) < 4.78 is 5.89. The molecule has 1 amide bonds. The van der Waals surface area contributed by atoms with Gasteiger partial charge in [-0.2, -0.15) is 0 Å². The molecule has 3 saturated carbocycles. The Labute approximate surface area is 253 Å². The van der Waals surface area contributed by atoms with E-state index in [9.17, 15) is 4.79 Å². The van der Waals surface area contributed by atoms with E-state index in [2.05, 4.69) is 89.3 Å². The van der Waals surface area contributed by atoms with Crippen LogP contribution in [0.25, 0.3) is 0 Å². The van der Waals surface area contributed by atoms with Crippen LogP contribution in [0, 0.1) is 44.8 Å². The van der Waals surface area contributed by atoms with Gasteiger partial charge in [0.15, 0.2) is 0 Å². The molecule has 1 N–H and O–H groups in total. The number of hydrogen-bond donors (Lipinski definition) is 1. The molecule has 7 atom stereocenters. The lowest BCUT2D eigenvalue weighted by Gasteiger charge is -2.70. The average molecular weight is 569 g/mol. The summed E-state index contributed by atoms with van der Waals surface area (Å²) >= 11 is 0. The van der Waals surface area contributed by atoms with Gasteiger partial charge in [-0.3, -0.25) is 4.79 Å². The zero-order chi connectivity index (χ0) is 29.8. The second-order valence-corrected chi connectivity index (χ2v) is 17.1. The van der Waals surface area contributed by atoms with Crippen LogP contribution >= 0.6 is 0 Å². The molecule has 1 aromatic carbocycles. The third-order valence-corrected chi connectivity index (χ3v) is 14.3. The van der Waals surface area contributed by atoms with Crippen molar-refractivity contribution in [2.75, 3.05) is 0 Å². The van der Waals surface area contributed by atoms with Gasteiger partial charge in [-0.05, 0) is 103 Å². The summed E-state index contributed by atoms with van der Waals surface area (Å²) in [6, 6.07) is 10.4. The molecule has 7 rings (SSSR count). The highest BCUT2D eigenvalue weighted by atomic mass is 16.5.